The first-order valence-corrected chi connectivity index (χ1v) is 9.99. The fourth-order valence-corrected chi connectivity index (χ4v) is 3.50. The van der Waals surface area contributed by atoms with Crippen LogP contribution >= 0.6 is 11.6 Å². The maximum Gasteiger partial charge on any atom is 0.312 e. The maximum absolute atomic E-state index is 12.4. The summed E-state index contributed by atoms with van der Waals surface area (Å²) in [4.78, 5) is 23.4. The zero-order chi connectivity index (χ0) is 21.5. The van der Waals surface area contributed by atoms with Crippen LogP contribution < -0.4 is 10.1 Å². The Morgan fingerprint density at radius 1 is 1.20 bits per heavy atom. The lowest BCUT2D eigenvalue weighted by molar-refractivity contribution is -0.385. The van der Waals surface area contributed by atoms with E-state index in [2.05, 4.69) is 5.32 Å². The van der Waals surface area contributed by atoms with Crippen LogP contribution in [-0.4, -0.2) is 16.9 Å². The van der Waals surface area contributed by atoms with Crippen molar-refractivity contribution in [2.45, 2.75) is 38.1 Å². The summed E-state index contributed by atoms with van der Waals surface area (Å²) in [6, 6.07) is 12.8. The largest absolute Gasteiger partial charge is 0.449 e. The average Bonchev–Trinajstić information content (AvgIpc) is 2.75. The topological polar surface area (TPSA) is 105 Å². The SMILES string of the molecule is N#C/C(=C\c1ccc(Oc2ccccc2Cl)c([N+](=O)[O-])c1)C(=O)NC1CCCCC1. The lowest BCUT2D eigenvalue weighted by atomic mass is 9.95. The van der Waals surface area contributed by atoms with Gasteiger partial charge >= 0.3 is 5.69 Å². The zero-order valence-electron chi connectivity index (χ0n) is 16.1. The van der Waals surface area contributed by atoms with E-state index in [-0.39, 0.29) is 28.8 Å². The molecule has 1 aliphatic carbocycles. The van der Waals surface area contributed by atoms with E-state index < -0.39 is 10.8 Å². The molecular weight excluding hydrogens is 406 g/mol. The summed E-state index contributed by atoms with van der Waals surface area (Å²) in [7, 11) is 0. The number of hydrogen-bond acceptors (Lipinski definition) is 5. The Morgan fingerprint density at radius 3 is 2.60 bits per heavy atom. The minimum Gasteiger partial charge on any atom is -0.449 e. The van der Waals surface area contributed by atoms with Crippen molar-refractivity contribution in [3.63, 3.8) is 0 Å². The van der Waals surface area contributed by atoms with Crippen LogP contribution in [0, 0.1) is 21.4 Å². The van der Waals surface area contributed by atoms with E-state index in [4.69, 9.17) is 16.3 Å². The molecule has 7 nitrogen and oxygen atoms in total. The van der Waals surface area contributed by atoms with Gasteiger partial charge in [0.05, 0.1) is 9.95 Å². The molecule has 0 aromatic heterocycles. The van der Waals surface area contributed by atoms with Gasteiger partial charge in [-0.05, 0) is 42.7 Å². The van der Waals surface area contributed by atoms with Gasteiger partial charge in [-0.3, -0.25) is 14.9 Å². The fourth-order valence-electron chi connectivity index (χ4n) is 3.32. The molecule has 8 heteroatoms. The van der Waals surface area contributed by atoms with E-state index in [0.29, 0.717) is 10.6 Å². The number of rotatable bonds is 6. The van der Waals surface area contributed by atoms with Crippen molar-refractivity contribution in [2.75, 3.05) is 0 Å². The third-order valence-corrected chi connectivity index (χ3v) is 5.16. The molecule has 2 aromatic rings. The van der Waals surface area contributed by atoms with Gasteiger partial charge in [0, 0.05) is 12.1 Å². The summed E-state index contributed by atoms with van der Waals surface area (Å²) in [5.41, 5.74) is -0.0492. The predicted molar refractivity (Wildman–Crippen MR) is 113 cm³/mol. The van der Waals surface area contributed by atoms with Crippen LogP contribution in [0.1, 0.15) is 37.7 Å². The first kappa shape index (κ1) is 21.3. The van der Waals surface area contributed by atoms with Crippen molar-refractivity contribution in [1.82, 2.24) is 5.32 Å². The number of carbonyl (C=O) groups is 1. The van der Waals surface area contributed by atoms with Crippen LogP contribution in [0.15, 0.2) is 48.0 Å². The number of nitro groups is 1. The second-order valence-electron chi connectivity index (χ2n) is 6.99. The van der Waals surface area contributed by atoms with Gasteiger partial charge in [-0.1, -0.05) is 49.1 Å². The zero-order valence-corrected chi connectivity index (χ0v) is 16.9. The third-order valence-electron chi connectivity index (χ3n) is 4.85. The molecule has 2 aromatic carbocycles. The van der Waals surface area contributed by atoms with Crippen molar-refractivity contribution in [2.24, 2.45) is 0 Å². The molecule has 0 bridgehead atoms. The molecule has 0 spiro atoms. The van der Waals surface area contributed by atoms with Crippen molar-refractivity contribution in [3.05, 3.63) is 68.7 Å². The molecule has 0 aliphatic heterocycles. The van der Waals surface area contributed by atoms with Crippen molar-refractivity contribution in [3.8, 4) is 17.6 Å². The number of para-hydroxylation sites is 1. The highest BCUT2D eigenvalue weighted by Gasteiger charge is 2.20. The summed E-state index contributed by atoms with van der Waals surface area (Å²) < 4.78 is 5.60. The molecule has 154 valence electrons. The number of amides is 1. The van der Waals surface area contributed by atoms with Gasteiger partial charge in [0.1, 0.15) is 17.4 Å². The Labute approximate surface area is 179 Å². The molecule has 0 saturated heterocycles. The molecule has 1 aliphatic rings. The first-order valence-electron chi connectivity index (χ1n) is 9.61. The molecule has 1 saturated carbocycles. The Balaban J connectivity index is 1.83. The fraction of sp³-hybridized carbons (Fsp3) is 0.273. The van der Waals surface area contributed by atoms with Crippen LogP contribution in [0.4, 0.5) is 5.69 Å². The molecule has 0 unspecified atom stereocenters. The Hall–Kier alpha value is -3.37. The highest BCUT2D eigenvalue weighted by molar-refractivity contribution is 6.32. The number of hydrogen-bond donors (Lipinski definition) is 1. The third kappa shape index (κ3) is 5.37. The number of nitrogens with one attached hydrogen (secondary N) is 1. The van der Waals surface area contributed by atoms with Crippen LogP contribution in [0.2, 0.25) is 5.02 Å². The smallest absolute Gasteiger partial charge is 0.312 e. The van der Waals surface area contributed by atoms with E-state index in [1.165, 1.54) is 18.2 Å². The van der Waals surface area contributed by atoms with Crippen LogP contribution in [0.3, 0.4) is 0 Å². The highest BCUT2D eigenvalue weighted by atomic mass is 35.5. The quantitative estimate of drug-likeness (QED) is 0.289. The molecule has 0 radical (unpaired) electrons. The second kappa shape index (κ2) is 9.90. The number of nitriles is 1. The number of nitrogens with zero attached hydrogens (tertiary/aromatic N) is 2. The van der Waals surface area contributed by atoms with Crippen molar-refractivity contribution in [1.29, 1.82) is 5.26 Å². The van der Waals surface area contributed by atoms with Gasteiger partial charge in [0.25, 0.3) is 5.91 Å². The number of benzene rings is 2. The summed E-state index contributed by atoms with van der Waals surface area (Å²) in [5, 5.41) is 24.1. The number of nitro benzene ring substituents is 1. The number of ether oxygens (including phenoxy) is 1. The molecule has 1 N–H and O–H groups in total. The van der Waals surface area contributed by atoms with E-state index in [1.807, 2.05) is 6.07 Å². The van der Waals surface area contributed by atoms with Gasteiger partial charge in [-0.15, -0.1) is 0 Å². The van der Waals surface area contributed by atoms with Crippen molar-refractivity contribution >= 4 is 29.3 Å². The minimum atomic E-state index is -0.586. The van der Waals surface area contributed by atoms with Gasteiger partial charge in [0.2, 0.25) is 5.75 Å². The monoisotopic (exact) mass is 425 g/mol. The molecule has 30 heavy (non-hydrogen) atoms. The summed E-state index contributed by atoms with van der Waals surface area (Å²) in [5.74, 6) is -0.172. The van der Waals surface area contributed by atoms with E-state index >= 15 is 0 Å². The molecule has 3 rings (SSSR count). The molecular formula is C22H20ClN3O4. The van der Waals surface area contributed by atoms with Gasteiger partial charge < -0.3 is 10.1 Å². The normalized spacial score (nSPS) is 14.6. The Bertz CT molecular complexity index is 1020. The van der Waals surface area contributed by atoms with Crippen LogP contribution in [0.25, 0.3) is 6.08 Å². The van der Waals surface area contributed by atoms with Gasteiger partial charge in [-0.2, -0.15) is 5.26 Å². The molecule has 1 fully saturated rings. The lowest BCUT2D eigenvalue weighted by Gasteiger charge is -2.22. The first-order chi connectivity index (χ1) is 14.5. The standard InChI is InChI=1S/C22H20ClN3O4/c23-18-8-4-5-9-20(18)30-21-11-10-15(13-19(21)26(28)29)12-16(14-24)22(27)25-17-6-2-1-3-7-17/h4-5,8-13,17H,1-3,6-7H2,(H,25,27)/b16-12+. The summed E-state index contributed by atoms with van der Waals surface area (Å²) in [6.07, 6.45) is 6.38. The molecule has 0 atom stereocenters. The van der Waals surface area contributed by atoms with Crippen molar-refractivity contribution < 1.29 is 14.5 Å². The second-order valence-corrected chi connectivity index (χ2v) is 7.40. The Morgan fingerprint density at radius 2 is 1.93 bits per heavy atom. The summed E-state index contributed by atoms with van der Waals surface area (Å²) in [6.45, 7) is 0. The van der Waals surface area contributed by atoms with Crippen LogP contribution in [0.5, 0.6) is 11.5 Å². The number of halogens is 1. The van der Waals surface area contributed by atoms with Gasteiger partial charge in [-0.25, -0.2) is 0 Å². The summed E-state index contributed by atoms with van der Waals surface area (Å²) >= 11 is 6.05. The average molecular weight is 426 g/mol. The van der Waals surface area contributed by atoms with Crippen LogP contribution in [-0.2, 0) is 4.79 Å². The highest BCUT2D eigenvalue weighted by Crippen LogP contribution is 2.35. The van der Waals surface area contributed by atoms with E-state index in [9.17, 15) is 20.2 Å². The molecule has 1 amide bonds. The Kier molecular flexibility index (Phi) is 7.04. The lowest BCUT2D eigenvalue weighted by Crippen LogP contribution is -2.36. The minimum absolute atomic E-state index is 0.00964. The van der Waals surface area contributed by atoms with Gasteiger partial charge in [0.15, 0.2) is 0 Å². The number of carbonyl (C=O) groups excluding carboxylic acids is 1. The van der Waals surface area contributed by atoms with E-state index in [0.717, 1.165) is 32.1 Å². The van der Waals surface area contributed by atoms with E-state index in [1.54, 1.807) is 30.3 Å². The maximum atomic E-state index is 12.4. The molecule has 0 heterocycles. The predicted octanol–water partition coefficient (Wildman–Crippen LogP) is 5.40.